The number of fused-ring (bicyclic) bond motifs is 2. The quantitative estimate of drug-likeness (QED) is 0.436. The summed E-state index contributed by atoms with van der Waals surface area (Å²) in [5.74, 6) is 2.66. The molecule has 5 aromatic rings. The van der Waals surface area contributed by atoms with Gasteiger partial charge in [-0.3, -0.25) is 0 Å². The maximum absolute atomic E-state index is 4.70. The Labute approximate surface area is 182 Å². The van der Waals surface area contributed by atoms with Gasteiger partial charge in [-0.25, -0.2) is 15.0 Å². The number of rotatable bonds is 3. The lowest BCUT2D eigenvalue weighted by molar-refractivity contribution is 0.635. The molecule has 154 valence electrons. The normalized spacial score (nSPS) is 14.6. The lowest BCUT2D eigenvalue weighted by atomic mass is 10.1. The number of thiophene rings is 1. The maximum atomic E-state index is 4.70. The molecule has 1 aromatic carbocycles. The molecule has 0 bridgehead atoms. The van der Waals surface area contributed by atoms with Crippen molar-refractivity contribution in [2.45, 2.75) is 6.92 Å². The predicted octanol–water partition coefficient (Wildman–Crippen LogP) is 3.43. The van der Waals surface area contributed by atoms with Gasteiger partial charge in [0.05, 0.1) is 11.1 Å². The molecular formula is C22H20N8S. The van der Waals surface area contributed by atoms with E-state index in [0.717, 1.165) is 59.3 Å². The van der Waals surface area contributed by atoms with Gasteiger partial charge in [-0.2, -0.15) is 14.6 Å². The van der Waals surface area contributed by atoms with Gasteiger partial charge in [0.1, 0.15) is 29.1 Å². The molecule has 5 heterocycles. The van der Waals surface area contributed by atoms with Crippen LogP contribution >= 0.6 is 11.3 Å². The average Bonchev–Trinajstić information content (AvgIpc) is 3.44. The molecule has 1 aliphatic heterocycles. The van der Waals surface area contributed by atoms with E-state index >= 15 is 0 Å². The van der Waals surface area contributed by atoms with Crippen LogP contribution in [-0.4, -0.2) is 55.7 Å². The van der Waals surface area contributed by atoms with Gasteiger partial charge >= 0.3 is 0 Å². The van der Waals surface area contributed by atoms with Crippen LogP contribution in [0.5, 0.6) is 0 Å². The Morgan fingerprint density at radius 1 is 0.871 bits per heavy atom. The van der Waals surface area contributed by atoms with Crippen LogP contribution in [0.25, 0.3) is 27.3 Å². The monoisotopic (exact) mass is 428 g/mol. The number of aromatic nitrogens is 6. The highest BCUT2D eigenvalue weighted by Gasteiger charge is 2.23. The van der Waals surface area contributed by atoms with Gasteiger partial charge in [-0.05, 0) is 13.0 Å². The molecule has 1 aliphatic rings. The van der Waals surface area contributed by atoms with Crippen molar-refractivity contribution in [3.05, 3.63) is 60.0 Å². The highest BCUT2D eigenvalue weighted by atomic mass is 32.1. The van der Waals surface area contributed by atoms with Gasteiger partial charge in [0.25, 0.3) is 5.78 Å². The fourth-order valence-corrected chi connectivity index (χ4v) is 4.98. The van der Waals surface area contributed by atoms with E-state index in [0.29, 0.717) is 5.78 Å². The van der Waals surface area contributed by atoms with E-state index in [1.165, 1.54) is 4.88 Å². The molecule has 0 aliphatic carbocycles. The zero-order valence-electron chi connectivity index (χ0n) is 17.0. The molecule has 9 heteroatoms. The summed E-state index contributed by atoms with van der Waals surface area (Å²) in [7, 11) is 0. The Kier molecular flexibility index (Phi) is 4.27. The third kappa shape index (κ3) is 3.17. The Balaban J connectivity index is 1.31. The van der Waals surface area contributed by atoms with Crippen LogP contribution in [0, 0.1) is 6.92 Å². The maximum Gasteiger partial charge on any atom is 0.254 e. The van der Waals surface area contributed by atoms with Crippen molar-refractivity contribution in [2.75, 3.05) is 36.0 Å². The number of aryl methyl sites for hydroxylation is 1. The summed E-state index contributed by atoms with van der Waals surface area (Å²) in [6, 6.07) is 14.5. The number of benzene rings is 1. The Morgan fingerprint density at radius 3 is 2.52 bits per heavy atom. The van der Waals surface area contributed by atoms with E-state index in [1.807, 2.05) is 22.7 Å². The summed E-state index contributed by atoms with van der Waals surface area (Å²) >= 11 is 1.72. The first-order valence-corrected chi connectivity index (χ1v) is 11.1. The van der Waals surface area contributed by atoms with Gasteiger partial charge in [0, 0.05) is 42.7 Å². The predicted molar refractivity (Wildman–Crippen MR) is 123 cm³/mol. The summed E-state index contributed by atoms with van der Waals surface area (Å²) in [4.78, 5) is 25.1. The zero-order chi connectivity index (χ0) is 20.8. The van der Waals surface area contributed by atoms with Gasteiger partial charge in [0.2, 0.25) is 0 Å². The summed E-state index contributed by atoms with van der Waals surface area (Å²) in [5, 5.41) is 5.56. The molecule has 0 saturated carbocycles. The van der Waals surface area contributed by atoms with Crippen LogP contribution in [0.15, 0.2) is 55.1 Å². The van der Waals surface area contributed by atoms with Crippen molar-refractivity contribution in [1.29, 1.82) is 0 Å². The van der Waals surface area contributed by atoms with Crippen molar-refractivity contribution in [3.8, 4) is 11.3 Å². The van der Waals surface area contributed by atoms with Crippen LogP contribution in [0.1, 0.15) is 4.88 Å². The third-order valence-electron chi connectivity index (χ3n) is 5.64. The van der Waals surface area contributed by atoms with Crippen molar-refractivity contribution < 1.29 is 0 Å². The van der Waals surface area contributed by atoms with Crippen molar-refractivity contribution in [1.82, 2.24) is 29.5 Å². The highest BCUT2D eigenvalue weighted by Crippen LogP contribution is 2.31. The highest BCUT2D eigenvalue weighted by molar-refractivity contribution is 7.18. The molecule has 4 aromatic heterocycles. The van der Waals surface area contributed by atoms with E-state index in [-0.39, 0.29) is 0 Å². The number of hydrogen-bond acceptors (Lipinski definition) is 8. The molecule has 0 unspecified atom stereocenters. The fraction of sp³-hybridized carbons (Fsp3) is 0.227. The lowest BCUT2D eigenvalue weighted by Gasteiger charge is -2.36. The molecule has 0 spiro atoms. The van der Waals surface area contributed by atoms with Crippen LogP contribution in [0.4, 0.5) is 11.6 Å². The van der Waals surface area contributed by atoms with Gasteiger partial charge in [0.15, 0.2) is 0 Å². The average molecular weight is 429 g/mol. The number of hydrogen-bond donors (Lipinski definition) is 0. The molecule has 0 atom stereocenters. The van der Waals surface area contributed by atoms with Crippen LogP contribution in [0.3, 0.4) is 0 Å². The fourth-order valence-electron chi connectivity index (χ4n) is 4.14. The zero-order valence-corrected chi connectivity index (χ0v) is 17.8. The van der Waals surface area contributed by atoms with Gasteiger partial charge in [-0.1, -0.05) is 30.3 Å². The van der Waals surface area contributed by atoms with E-state index in [2.05, 4.69) is 61.0 Å². The van der Waals surface area contributed by atoms with Crippen molar-refractivity contribution in [2.24, 2.45) is 0 Å². The van der Waals surface area contributed by atoms with E-state index < -0.39 is 0 Å². The summed E-state index contributed by atoms with van der Waals surface area (Å²) in [6.45, 7) is 5.59. The number of anilines is 2. The number of piperazine rings is 1. The summed E-state index contributed by atoms with van der Waals surface area (Å²) in [5.41, 5.74) is 1.98. The van der Waals surface area contributed by atoms with Crippen LogP contribution in [-0.2, 0) is 0 Å². The number of nitrogens with zero attached hydrogens (tertiary/aromatic N) is 8. The van der Waals surface area contributed by atoms with E-state index in [4.69, 9.17) is 4.98 Å². The molecule has 1 saturated heterocycles. The Hall–Kier alpha value is -3.59. The third-order valence-corrected chi connectivity index (χ3v) is 6.60. The Morgan fingerprint density at radius 2 is 1.68 bits per heavy atom. The van der Waals surface area contributed by atoms with Gasteiger partial charge < -0.3 is 9.80 Å². The minimum Gasteiger partial charge on any atom is -0.353 e. The lowest BCUT2D eigenvalue weighted by Crippen LogP contribution is -2.47. The first-order chi connectivity index (χ1) is 15.3. The van der Waals surface area contributed by atoms with Crippen molar-refractivity contribution in [3.63, 3.8) is 0 Å². The molecule has 8 nitrogen and oxygen atoms in total. The molecule has 0 radical (unpaired) electrons. The minimum atomic E-state index is 0.616. The SMILES string of the molecule is Cc1cc2c(N3CCN(c4cc(-c5ccccc5)nc5ncnn45)CC3)ncnc2s1. The molecule has 0 amide bonds. The van der Waals surface area contributed by atoms with Crippen LogP contribution in [0.2, 0.25) is 0 Å². The minimum absolute atomic E-state index is 0.616. The van der Waals surface area contributed by atoms with Gasteiger partial charge in [-0.15, -0.1) is 11.3 Å². The molecule has 31 heavy (non-hydrogen) atoms. The van der Waals surface area contributed by atoms with Crippen molar-refractivity contribution >= 4 is 39.0 Å². The smallest absolute Gasteiger partial charge is 0.254 e. The second kappa shape index (κ2) is 7.28. The molecule has 0 N–H and O–H groups in total. The summed E-state index contributed by atoms with van der Waals surface area (Å²) in [6.07, 6.45) is 3.24. The van der Waals surface area contributed by atoms with E-state index in [9.17, 15) is 0 Å². The second-order valence-electron chi connectivity index (χ2n) is 7.58. The summed E-state index contributed by atoms with van der Waals surface area (Å²) < 4.78 is 1.83. The Bertz CT molecular complexity index is 1370. The standard InChI is InChI=1S/C22H20N8S/c1-15-11-17-20(23-13-24-21(17)31-15)29-9-7-28(8-10-29)19-12-18(16-5-3-2-4-6-16)27-22-25-14-26-30(19)22/h2-6,11-14H,7-10H2,1H3. The first-order valence-electron chi connectivity index (χ1n) is 10.2. The largest absolute Gasteiger partial charge is 0.353 e. The topological polar surface area (TPSA) is 75.3 Å². The first kappa shape index (κ1) is 18.2. The van der Waals surface area contributed by atoms with Crippen LogP contribution < -0.4 is 9.80 Å². The second-order valence-corrected chi connectivity index (χ2v) is 8.82. The van der Waals surface area contributed by atoms with E-state index in [1.54, 1.807) is 24.0 Å². The molecule has 1 fully saturated rings. The molecule has 6 rings (SSSR count). The molecular weight excluding hydrogens is 408 g/mol.